The number of aryl methyl sites for hydroxylation is 1. The molecule has 0 atom stereocenters. The molecule has 0 spiro atoms. The van der Waals surface area contributed by atoms with E-state index in [-0.39, 0.29) is 11.8 Å². The molecular formula is C19H23ClN4O3. The number of aromatic nitrogens is 2. The van der Waals surface area contributed by atoms with Gasteiger partial charge in [-0.3, -0.25) is 14.3 Å². The van der Waals surface area contributed by atoms with Crippen molar-refractivity contribution in [3.63, 3.8) is 0 Å². The average Bonchev–Trinajstić information content (AvgIpc) is 3.09. The van der Waals surface area contributed by atoms with Gasteiger partial charge >= 0.3 is 0 Å². The Kier molecular flexibility index (Phi) is 6.34. The van der Waals surface area contributed by atoms with Crippen LogP contribution in [-0.4, -0.2) is 52.7 Å². The molecule has 1 aliphatic rings. The molecule has 27 heavy (non-hydrogen) atoms. The fraction of sp³-hybridized carbons (Fsp3) is 0.421. The Hall–Kier alpha value is -2.54. The summed E-state index contributed by atoms with van der Waals surface area (Å²) in [5.74, 6) is 0.260. The smallest absolute Gasteiger partial charge is 0.272 e. The third kappa shape index (κ3) is 4.80. The van der Waals surface area contributed by atoms with Crippen LogP contribution in [0.25, 0.3) is 0 Å². The third-order valence-corrected chi connectivity index (χ3v) is 4.72. The number of hydrogen-bond donors (Lipinski definition) is 1. The number of nitrogens with zero attached hydrogens (tertiary/aromatic N) is 3. The second-order valence-corrected chi connectivity index (χ2v) is 6.87. The van der Waals surface area contributed by atoms with Crippen LogP contribution in [0.15, 0.2) is 30.5 Å². The lowest BCUT2D eigenvalue weighted by Gasteiger charge is -2.22. The molecule has 8 heteroatoms. The first-order valence-corrected chi connectivity index (χ1v) is 9.42. The number of nitrogens with one attached hydrogen (secondary N) is 1. The summed E-state index contributed by atoms with van der Waals surface area (Å²) < 4.78 is 7.38. The lowest BCUT2D eigenvalue weighted by Crippen LogP contribution is -2.35. The van der Waals surface area contributed by atoms with Crippen molar-refractivity contribution in [2.45, 2.75) is 19.3 Å². The minimum Gasteiger partial charge on any atom is -0.493 e. The first kappa shape index (κ1) is 19.2. The van der Waals surface area contributed by atoms with Gasteiger partial charge in [0.2, 0.25) is 0 Å². The summed E-state index contributed by atoms with van der Waals surface area (Å²) in [7, 11) is 1.76. The van der Waals surface area contributed by atoms with Gasteiger partial charge in [-0.05, 0) is 43.5 Å². The van der Waals surface area contributed by atoms with E-state index in [0.29, 0.717) is 54.7 Å². The number of amides is 2. The molecule has 3 rings (SSSR count). The molecule has 0 bridgehead atoms. The van der Waals surface area contributed by atoms with Crippen LogP contribution in [0.5, 0.6) is 5.75 Å². The van der Waals surface area contributed by atoms with Crippen molar-refractivity contribution in [1.82, 2.24) is 20.0 Å². The topological polar surface area (TPSA) is 76.5 Å². The molecule has 2 amide bonds. The van der Waals surface area contributed by atoms with Crippen LogP contribution in [0.3, 0.4) is 0 Å². The van der Waals surface area contributed by atoms with E-state index in [4.69, 9.17) is 16.3 Å². The van der Waals surface area contributed by atoms with Crippen molar-refractivity contribution in [2.24, 2.45) is 7.05 Å². The van der Waals surface area contributed by atoms with Gasteiger partial charge in [-0.2, -0.15) is 5.10 Å². The van der Waals surface area contributed by atoms with Crippen LogP contribution < -0.4 is 10.1 Å². The zero-order valence-corrected chi connectivity index (χ0v) is 16.0. The molecule has 0 unspecified atom stereocenters. The largest absolute Gasteiger partial charge is 0.493 e. The van der Waals surface area contributed by atoms with Crippen LogP contribution in [0.2, 0.25) is 5.02 Å². The average molecular weight is 391 g/mol. The summed E-state index contributed by atoms with van der Waals surface area (Å²) in [6.45, 7) is 2.13. The molecule has 0 saturated carbocycles. The Labute approximate surface area is 163 Å². The van der Waals surface area contributed by atoms with Gasteiger partial charge in [0.25, 0.3) is 11.8 Å². The Morgan fingerprint density at radius 3 is 2.81 bits per heavy atom. The Balaban J connectivity index is 1.72. The molecule has 0 radical (unpaired) electrons. The zero-order valence-electron chi connectivity index (χ0n) is 15.3. The van der Waals surface area contributed by atoms with Crippen molar-refractivity contribution < 1.29 is 14.3 Å². The number of carbonyl (C=O) groups excluding carboxylic acids is 2. The van der Waals surface area contributed by atoms with Crippen LogP contribution in [-0.2, 0) is 7.05 Å². The number of fused-ring (bicyclic) bond motifs is 1. The summed E-state index contributed by atoms with van der Waals surface area (Å²) in [5.41, 5.74) is 0.998. The molecule has 1 aromatic carbocycles. The molecule has 1 N–H and O–H groups in total. The monoisotopic (exact) mass is 390 g/mol. The summed E-state index contributed by atoms with van der Waals surface area (Å²) in [5, 5.41) is 7.45. The first-order valence-electron chi connectivity index (χ1n) is 9.04. The highest BCUT2D eigenvalue weighted by molar-refractivity contribution is 6.31. The predicted octanol–water partition coefficient (Wildman–Crippen LogP) is 2.51. The quantitative estimate of drug-likeness (QED) is 0.811. The van der Waals surface area contributed by atoms with Crippen LogP contribution in [0, 0.1) is 0 Å². The number of ether oxygens (including phenoxy) is 1. The Morgan fingerprint density at radius 2 is 2.04 bits per heavy atom. The van der Waals surface area contributed by atoms with Gasteiger partial charge < -0.3 is 15.0 Å². The van der Waals surface area contributed by atoms with Crippen molar-refractivity contribution in [2.75, 3.05) is 26.2 Å². The summed E-state index contributed by atoms with van der Waals surface area (Å²) >= 11 is 6.02. The van der Waals surface area contributed by atoms with Gasteiger partial charge in [0, 0.05) is 37.9 Å². The van der Waals surface area contributed by atoms with E-state index in [1.54, 1.807) is 42.2 Å². The van der Waals surface area contributed by atoms with E-state index in [9.17, 15) is 9.59 Å². The van der Waals surface area contributed by atoms with Gasteiger partial charge in [-0.15, -0.1) is 0 Å². The molecule has 1 aromatic heterocycles. The van der Waals surface area contributed by atoms with E-state index < -0.39 is 0 Å². The van der Waals surface area contributed by atoms with E-state index in [1.807, 2.05) is 4.90 Å². The molecule has 144 valence electrons. The lowest BCUT2D eigenvalue weighted by molar-refractivity contribution is 0.0732. The van der Waals surface area contributed by atoms with Gasteiger partial charge in [0.15, 0.2) is 0 Å². The minimum absolute atomic E-state index is 0.0407. The lowest BCUT2D eigenvalue weighted by atomic mass is 10.2. The molecule has 0 aliphatic carbocycles. The second-order valence-electron chi connectivity index (χ2n) is 6.44. The molecule has 2 aromatic rings. The first-order chi connectivity index (χ1) is 13.1. The molecule has 7 nitrogen and oxygen atoms in total. The molecular weight excluding hydrogens is 368 g/mol. The van der Waals surface area contributed by atoms with Crippen LogP contribution in [0.4, 0.5) is 0 Å². The summed E-state index contributed by atoms with van der Waals surface area (Å²) in [6, 6.07) is 6.74. The van der Waals surface area contributed by atoms with E-state index in [1.165, 1.54) is 0 Å². The third-order valence-electron chi connectivity index (χ3n) is 4.48. The van der Waals surface area contributed by atoms with Crippen LogP contribution >= 0.6 is 11.6 Å². The van der Waals surface area contributed by atoms with Gasteiger partial charge in [-0.25, -0.2) is 0 Å². The van der Waals surface area contributed by atoms with E-state index in [2.05, 4.69) is 10.4 Å². The number of carbonyl (C=O) groups is 2. The second kappa shape index (κ2) is 8.90. The molecule has 2 heterocycles. The summed E-state index contributed by atoms with van der Waals surface area (Å²) in [4.78, 5) is 27.0. The highest BCUT2D eigenvalue weighted by Gasteiger charge is 2.19. The standard InChI is InChI=1S/C19H23ClN4O3/c1-23-16(7-9-22-23)19(26)24-10-3-2-8-21-18(25)15-13-14(20)5-6-17(15)27-12-4-11-24/h5-7,9,13H,2-4,8,10-12H2,1H3,(H,21,25). The Bertz CT molecular complexity index is 821. The van der Waals surface area contributed by atoms with Crippen molar-refractivity contribution in [3.8, 4) is 5.75 Å². The van der Waals surface area contributed by atoms with Crippen molar-refractivity contribution in [1.29, 1.82) is 0 Å². The maximum atomic E-state index is 12.8. The number of hydrogen-bond acceptors (Lipinski definition) is 4. The molecule has 0 fully saturated rings. The van der Waals surface area contributed by atoms with Crippen LogP contribution in [0.1, 0.15) is 40.1 Å². The van der Waals surface area contributed by atoms with Crippen molar-refractivity contribution >= 4 is 23.4 Å². The molecule has 1 aliphatic heterocycles. The highest BCUT2D eigenvalue weighted by atomic mass is 35.5. The highest BCUT2D eigenvalue weighted by Crippen LogP contribution is 2.23. The van der Waals surface area contributed by atoms with E-state index >= 15 is 0 Å². The summed E-state index contributed by atoms with van der Waals surface area (Å²) in [6.07, 6.45) is 3.85. The minimum atomic E-state index is -0.199. The van der Waals surface area contributed by atoms with Gasteiger partial charge in [0.1, 0.15) is 11.4 Å². The van der Waals surface area contributed by atoms with Gasteiger partial charge in [0.05, 0.1) is 12.2 Å². The molecule has 0 saturated heterocycles. The van der Waals surface area contributed by atoms with Gasteiger partial charge in [-0.1, -0.05) is 11.6 Å². The predicted molar refractivity (Wildman–Crippen MR) is 102 cm³/mol. The maximum Gasteiger partial charge on any atom is 0.272 e. The number of benzene rings is 1. The number of halogens is 1. The zero-order chi connectivity index (χ0) is 19.2. The fourth-order valence-electron chi connectivity index (χ4n) is 3.03. The number of rotatable bonds is 1. The SMILES string of the molecule is Cn1nccc1C(=O)N1CCCCNC(=O)c2cc(Cl)ccc2OCCC1. The Morgan fingerprint density at radius 1 is 1.22 bits per heavy atom. The van der Waals surface area contributed by atoms with E-state index in [0.717, 1.165) is 12.8 Å². The normalized spacial score (nSPS) is 16.2. The van der Waals surface area contributed by atoms with Crippen molar-refractivity contribution in [3.05, 3.63) is 46.7 Å². The fourth-order valence-corrected chi connectivity index (χ4v) is 3.20. The maximum absolute atomic E-state index is 12.8.